The fourth-order valence-corrected chi connectivity index (χ4v) is 1.21. The average Bonchev–Trinajstić information content (AvgIpc) is 2.14. The molecule has 1 rings (SSSR count). The Morgan fingerprint density at radius 3 is 2.57 bits per heavy atom. The van der Waals surface area contributed by atoms with Crippen LogP contribution in [0.1, 0.15) is 0 Å². The lowest BCUT2D eigenvalue weighted by Gasteiger charge is -2.04. The van der Waals surface area contributed by atoms with Crippen molar-refractivity contribution in [3.63, 3.8) is 0 Å². The summed E-state index contributed by atoms with van der Waals surface area (Å²) in [6.07, 6.45) is 0. The van der Waals surface area contributed by atoms with Gasteiger partial charge >= 0.3 is 0 Å². The van der Waals surface area contributed by atoms with Crippen molar-refractivity contribution in [3.05, 3.63) is 30.3 Å². The van der Waals surface area contributed by atoms with Gasteiger partial charge in [0.2, 0.25) is 0 Å². The zero-order chi connectivity index (χ0) is 9.52. The van der Waals surface area contributed by atoms with E-state index in [0.29, 0.717) is 12.4 Å². The van der Waals surface area contributed by atoms with Gasteiger partial charge in [-0.2, -0.15) is 0 Å². The molecular formula is C9H13ClN2OS. The molecule has 0 amide bonds. The molecule has 3 N–H and O–H groups in total. The van der Waals surface area contributed by atoms with E-state index in [4.69, 9.17) is 15.9 Å². The zero-order valence-corrected chi connectivity index (χ0v) is 9.24. The SMILES string of the molecule is Cl.N=C(N)SCCOc1ccccc1. The van der Waals surface area contributed by atoms with Crippen LogP contribution in [-0.2, 0) is 0 Å². The van der Waals surface area contributed by atoms with Gasteiger partial charge < -0.3 is 10.5 Å². The fourth-order valence-electron chi connectivity index (χ4n) is 0.828. The number of halogens is 1. The summed E-state index contributed by atoms with van der Waals surface area (Å²) in [6.45, 7) is 0.578. The molecule has 0 unspecified atom stereocenters. The van der Waals surface area contributed by atoms with Crippen LogP contribution in [0.25, 0.3) is 0 Å². The summed E-state index contributed by atoms with van der Waals surface area (Å²) >= 11 is 1.29. The van der Waals surface area contributed by atoms with Crippen molar-refractivity contribution in [1.29, 1.82) is 5.41 Å². The highest BCUT2D eigenvalue weighted by Gasteiger charge is 1.93. The van der Waals surface area contributed by atoms with Crippen LogP contribution in [-0.4, -0.2) is 17.5 Å². The third-order valence-corrected chi connectivity index (χ3v) is 2.03. The largest absolute Gasteiger partial charge is 0.493 e. The van der Waals surface area contributed by atoms with E-state index in [2.05, 4.69) is 0 Å². The first-order valence-corrected chi connectivity index (χ1v) is 4.92. The van der Waals surface area contributed by atoms with E-state index in [-0.39, 0.29) is 17.6 Å². The minimum atomic E-state index is 0. The van der Waals surface area contributed by atoms with Gasteiger partial charge in [0.05, 0.1) is 6.61 Å². The molecule has 0 saturated carbocycles. The maximum atomic E-state index is 6.96. The van der Waals surface area contributed by atoms with Gasteiger partial charge in [0.1, 0.15) is 5.75 Å². The molecule has 1 aromatic rings. The van der Waals surface area contributed by atoms with E-state index in [1.54, 1.807) is 0 Å². The van der Waals surface area contributed by atoms with Crippen LogP contribution >= 0.6 is 24.2 Å². The quantitative estimate of drug-likeness (QED) is 0.475. The molecular weight excluding hydrogens is 220 g/mol. The van der Waals surface area contributed by atoms with E-state index in [9.17, 15) is 0 Å². The summed E-state index contributed by atoms with van der Waals surface area (Å²) in [5.74, 6) is 1.57. The Bertz CT molecular complexity index is 269. The summed E-state index contributed by atoms with van der Waals surface area (Å²) in [4.78, 5) is 0. The van der Waals surface area contributed by atoms with Gasteiger partial charge in [-0.05, 0) is 12.1 Å². The number of hydrogen-bond acceptors (Lipinski definition) is 3. The lowest BCUT2D eigenvalue weighted by atomic mass is 10.3. The minimum Gasteiger partial charge on any atom is -0.493 e. The van der Waals surface area contributed by atoms with Gasteiger partial charge in [0, 0.05) is 5.75 Å². The van der Waals surface area contributed by atoms with Gasteiger partial charge in [-0.15, -0.1) is 12.4 Å². The predicted molar refractivity (Wildman–Crippen MR) is 63.6 cm³/mol. The van der Waals surface area contributed by atoms with E-state index in [1.807, 2.05) is 30.3 Å². The molecule has 0 heterocycles. The smallest absolute Gasteiger partial charge is 0.151 e. The van der Waals surface area contributed by atoms with Crippen molar-refractivity contribution >= 4 is 29.3 Å². The third kappa shape index (κ3) is 5.72. The number of nitrogens with two attached hydrogens (primary N) is 1. The normalized spacial score (nSPS) is 8.86. The molecule has 0 bridgehead atoms. The first kappa shape index (κ1) is 13.1. The molecule has 0 aliphatic heterocycles. The molecule has 3 nitrogen and oxygen atoms in total. The molecule has 1 aromatic carbocycles. The number of ether oxygens (including phenoxy) is 1. The number of thioether (sulfide) groups is 1. The molecule has 14 heavy (non-hydrogen) atoms. The van der Waals surface area contributed by atoms with Crippen molar-refractivity contribution in [1.82, 2.24) is 0 Å². The topological polar surface area (TPSA) is 59.1 Å². The van der Waals surface area contributed by atoms with Crippen molar-refractivity contribution in [2.45, 2.75) is 0 Å². The van der Waals surface area contributed by atoms with Crippen molar-refractivity contribution < 1.29 is 4.74 Å². The maximum Gasteiger partial charge on any atom is 0.151 e. The highest BCUT2D eigenvalue weighted by atomic mass is 35.5. The second-order valence-corrected chi connectivity index (χ2v) is 3.51. The van der Waals surface area contributed by atoms with Crippen molar-refractivity contribution in [3.8, 4) is 5.75 Å². The Morgan fingerprint density at radius 2 is 2.00 bits per heavy atom. The molecule has 0 spiro atoms. The summed E-state index contributed by atoms with van der Waals surface area (Å²) < 4.78 is 5.38. The van der Waals surface area contributed by atoms with Crippen LogP contribution < -0.4 is 10.5 Å². The van der Waals surface area contributed by atoms with Gasteiger partial charge in [0.25, 0.3) is 0 Å². The first-order chi connectivity index (χ1) is 6.29. The zero-order valence-electron chi connectivity index (χ0n) is 7.60. The number of nitrogens with one attached hydrogen (secondary N) is 1. The Hall–Kier alpha value is -0.870. The molecule has 0 saturated heterocycles. The monoisotopic (exact) mass is 232 g/mol. The molecule has 0 fully saturated rings. The number of para-hydroxylation sites is 1. The van der Waals surface area contributed by atoms with Crippen LogP contribution in [0.2, 0.25) is 0 Å². The van der Waals surface area contributed by atoms with E-state index in [0.717, 1.165) is 5.75 Å². The number of amidine groups is 1. The summed E-state index contributed by atoms with van der Waals surface area (Å²) in [5, 5.41) is 7.10. The molecule has 0 aromatic heterocycles. The molecule has 78 valence electrons. The highest BCUT2D eigenvalue weighted by molar-refractivity contribution is 8.13. The predicted octanol–water partition coefficient (Wildman–Crippen LogP) is 2.11. The number of benzene rings is 1. The van der Waals surface area contributed by atoms with Gasteiger partial charge in [-0.1, -0.05) is 30.0 Å². The van der Waals surface area contributed by atoms with Gasteiger partial charge in [-0.25, -0.2) is 0 Å². The van der Waals surface area contributed by atoms with Crippen LogP contribution in [0.4, 0.5) is 0 Å². The van der Waals surface area contributed by atoms with Crippen LogP contribution in [0.3, 0.4) is 0 Å². The average molecular weight is 233 g/mol. The van der Waals surface area contributed by atoms with E-state index >= 15 is 0 Å². The van der Waals surface area contributed by atoms with E-state index in [1.165, 1.54) is 11.8 Å². The maximum absolute atomic E-state index is 6.96. The molecule has 0 aliphatic carbocycles. The Balaban J connectivity index is 0.00000169. The lowest BCUT2D eigenvalue weighted by molar-refractivity contribution is 0.344. The Morgan fingerprint density at radius 1 is 1.36 bits per heavy atom. The number of hydrogen-bond donors (Lipinski definition) is 2. The Kier molecular flexibility index (Phi) is 7.06. The van der Waals surface area contributed by atoms with Crippen LogP contribution in [0, 0.1) is 5.41 Å². The Labute approximate surface area is 93.9 Å². The lowest BCUT2D eigenvalue weighted by Crippen LogP contribution is -2.08. The second-order valence-electron chi connectivity index (χ2n) is 2.37. The van der Waals surface area contributed by atoms with E-state index < -0.39 is 0 Å². The first-order valence-electron chi connectivity index (χ1n) is 3.93. The summed E-state index contributed by atoms with van der Waals surface area (Å²) in [6, 6.07) is 9.59. The minimum absolute atomic E-state index is 0. The van der Waals surface area contributed by atoms with Crippen LogP contribution in [0.5, 0.6) is 5.75 Å². The van der Waals surface area contributed by atoms with Gasteiger partial charge in [0.15, 0.2) is 5.17 Å². The molecule has 0 radical (unpaired) electrons. The second kappa shape index (κ2) is 7.53. The summed E-state index contributed by atoms with van der Waals surface area (Å²) in [5.41, 5.74) is 5.16. The van der Waals surface area contributed by atoms with Gasteiger partial charge in [-0.3, -0.25) is 5.41 Å². The van der Waals surface area contributed by atoms with Crippen LogP contribution in [0.15, 0.2) is 30.3 Å². The molecule has 0 aliphatic rings. The summed E-state index contributed by atoms with van der Waals surface area (Å²) in [7, 11) is 0. The highest BCUT2D eigenvalue weighted by Crippen LogP contribution is 2.08. The standard InChI is InChI=1S/C9H12N2OS.ClH/c10-9(11)13-7-6-12-8-4-2-1-3-5-8;/h1-5H,6-7H2,(H3,10,11);1H. The van der Waals surface area contributed by atoms with Crippen molar-refractivity contribution in [2.75, 3.05) is 12.4 Å². The fraction of sp³-hybridized carbons (Fsp3) is 0.222. The molecule has 0 atom stereocenters. The molecule has 5 heteroatoms. The third-order valence-electron chi connectivity index (χ3n) is 1.35. The number of rotatable bonds is 4. The van der Waals surface area contributed by atoms with Crippen molar-refractivity contribution in [2.24, 2.45) is 5.73 Å².